The van der Waals surface area contributed by atoms with E-state index in [2.05, 4.69) is 22.3 Å². The number of carbonyl (C=O) groups is 1. The number of nitrogens with one attached hydrogen (secondary N) is 1. The lowest BCUT2D eigenvalue weighted by Crippen LogP contribution is -2.24. The molecule has 9 heteroatoms. The van der Waals surface area contributed by atoms with Crippen molar-refractivity contribution >= 4 is 26.8 Å². The standard InChI is InChI=1S/C26H27N5O3S/c1-3-18-7-9-19(10-8-18)23-14-22(26(32)28-15-20-6-4-5-12-27-20)24-17(2)30-31(25(24)29-23)21-11-13-35(33,34)16-21/h4-10,12,14,21H,3,11,13,15-16H2,1-2H3,(H,28,32). The van der Waals surface area contributed by atoms with Crippen molar-refractivity contribution in [2.45, 2.75) is 39.3 Å². The fourth-order valence-electron chi connectivity index (χ4n) is 4.54. The zero-order chi connectivity index (χ0) is 24.6. The third-order valence-corrected chi connectivity index (χ3v) is 8.20. The van der Waals surface area contributed by atoms with Gasteiger partial charge in [0.05, 0.1) is 52.1 Å². The minimum absolute atomic E-state index is 0.0293. The van der Waals surface area contributed by atoms with Crippen LogP contribution in [-0.4, -0.2) is 45.6 Å². The molecule has 180 valence electrons. The Labute approximate surface area is 204 Å². The van der Waals surface area contributed by atoms with Crippen LogP contribution in [0, 0.1) is 6.92 Å². The second kappa shape index (κ2) is 9.22. The van der Waals surface area contributed by atoms with Crippen LogP contribution in [0.4, 0.5) is 0 Å². The lowest BCUT2D eigenvalue weighted by molar-refractivity contribution is 0.0952. The maximum Gasteiger partial charge on any atom is 0.252 e. The molecule has 1 saturated heterocycles. The van der Waals surface area contributed by atoms with E-state index < -0.39 is 9.84 Å². The van der Waals surface area contributed by atoms with Gasteiger partial charge in [-0.1, -0.05) is 37.3 Å². The van der Waals surface area contributed by atoms with Crippen LogP contribution in [0.5, 0.6) is 0 Å². The molecule has 0 bridgehead atoms. The molecule has 1 N–H and O–H groups in total. The molecule has 0 saturated carbocycles. The molecule has 4 aromatic rings. The molecule has 1 unspecified atom stereocenters. The number of hydrogen-bond acceptors (Lipinski definition) is 6. The number of rotatable bonds is 6. The van der Waals surface area contributed by atoms with Crippen molar-refractivity contribution in [3.8, 4) is 11.3 Å². The zero-order valence-electron chi connectivity index (χ0n) is 19.7. The van der Waals surface area contributed by atoms with Crippen LogP contribution in [0.15, 0.2) is 54.7 Å². The number of fused-ring (bicyclic) bond motifs is 1. The van der Waals surface area contributed by atoms with Crippen molar-refractivity contribution in [2.24, 2.45) is 0 Å². The van der Waals surface area contributed by atoms with Crippen molar-refractivity contribution in [1.82, 2.24) is 25.1 Å². The van der Waals surface area contributed by atoms with E-state index in [0.29, 0.717) is 34.4 Å². The second-order valence-electron chi connectivity index (χ2n) is 8.89. The van der Waals surface area contributed by atoms with Gasteiger partial charge in [0.1, 0.15) is 0 Å². The summed E-state index contributed by atoms with van der Waals surface area (Å²) < 4.78 is 26.0. The van der Waals surface area contributed by atoms with E-state index >= 15 is 0 Å². The van der Waals surface area contributed by atoms with Gasteiger partial charge in [0.2, 0.25) is 0 Å². The van der Waals surface area contributed by atoms with E-state index in [0.717, 1.165) is 17.7 Å². The van der Waals surface area contributed by atoms with Crippen molar-refractivity contribution < 1.29 is 13.2 Å². The number of carbonyl (C=O) groups excluding carboxylic acids is 1. The molecule has 8 nitrogen and oxygen atoms in total. The Morgan fingerprint density at radius 3 is 2.63 bits per heavy atom. The molecule has 1 fully saturated rings. The molecular weight excluding hydrogens is 462 g/mol. The summed E-state index contributed by atoms with van der Waals surface area (Å²) in [5.74, 6) is -0.0916. The molecule has 0 spiro atoms. The fourth-order valence-corrected chi connectivity index (χ4v) is 6.23. The molecule has 1 atom stereocenters. The van der Waals surface area contributed by atoms with Gasteiger partial charge in [-0.05, 0) is 43.5 Å². The van der Waals surface area contributed by atoms with Crippen LogP contribution < -0.4 is 5.32 Å². The quantitative estimate of drug-likeness (QED) is 0.443. The third-order valence-electron chi connectivity index (χ3n) is 6.45. The summed E-state index contributed by atoms with van der Waals surface area (Å²) in [6.07, 6.45) is 3.10. The first-order chi connectivity index (χ1) is 16.8. The molecule has 5 rings (SSSR count). The second-order valence-corrected chi connectivity index (χ2v) is 11.1. The van der Waals surface area contributed by atoms with Crippen LogP contribution in [0.3, 0.4) is 0 Å². The molecule has 0 aliphatic carbocycles. The van der Waals surface area contributed by atoms with Gasteiger partial charge in [-0.3, -0.25) is 9.78 Å². The van der Waals surface area contributed by atoms with Gasteiger partial charge < -0.3 is 5.32 Å². The monoisotopic (exact) mass is 489 g/mol. The Morgan fingerprint density at radius 2 is 1.97 bits per heavy atom. The smallest absolute Gasteiger partial charge is 0.252 e. The minimum atomic E-state index is -3.11. The van der Waals surface area contributed by atoms with E-state index in [1.165, 1.54) is 5.56 Å². The lowest BCUT2D eigenvalue weighted by atomic mass is 10.0. The molecule has 1 amide bonds. The molecule has 1 aromatic carbocycles. The Morgan fingerprint density at radius 1 is 1.17 bits per heavy atom. The molecular formula is C26H27N5O3S. The number of benzene rings is 1. The van der Waals surface area contributed by atoms with Gasteiger partial charge in [-0.25, -0.2) is 18.1 Å². The number of hydrogen-bond donors (Lipinski definition) is 1. The summed E-state index contributed by atoms with van der Waals surface area (Å²) >= 11 is 0. The predicted molar refractivity (Wildman–Crippen MR) is 135 cm³/mol. The van der Waals surface area contributed by atoms with Crippen LogP contribution in [0.2, 0.25) is 0 Å². The van der Waals surface area contributed by atoms with Gasteiger partial charge in [-0.15, -0.1) is 0 Å². The molecule has 1 aliphatic rings. The summed E-state index contributed by atoms with van der Waals surface area (Å²) in [5, 5.41) is 8.26. The van der Waals surface area contributed by atoms with Crippen LogP contribution >= 0.6 is 0 Å². The highest BCUT2D eigenvalue weighted by Crippen LogP contribution is 2.32. The largest absolute Gasteiger partial charge is 0.346 e. The van der Waals surface area contributed by atoms with Crippen molar-refractivity contribution in [3.05, 3.63) is 77.2 Å². The maximum absolute atomic E-state index is 13.4. The van der Waals surface area contributed by atoms with E-state index in [-0.39, 0.29) is 30.0 Å². The lowest BCUT2D eigenvalue weighted by Gasteiger charge is -2.12. The van der Waals surface area contributed by atoms with E-state index in [9.17, 15) is 13.2 Å². The Kier molecular flexibility index (Phi) is 6.10. The van der Waals surface area contributed by atoms with E-state index in [4.69, 9.17) is 4.98 Å². The summed E-state index contributed by atoms with van der Waals surface area (Å²) in [7, 11) is -3.11. The van der Waals surface area contributed by atoms with Crippen molar-refractivity contribution in [1.29, 1.82) is 0 Å². The summed E-state index contributed by atoms with van der Waals surface area (Å²) in [6.45, 7) is 4.22. The predicted octanol–water partition coefficient (Wildman–Crippen LogP) is 3.65. The highest BCUT2D eigenvalue weighted by atomic mass is 32.2. The normalized spacial score (nSPS) is 17.0. The number of amides is 1. The average Bonchev–Trinajstić information content (AvgIpc) is 3.41. The Hall–Kier alpha value is -3.59. The third kappa shape index (κ3) is 4.68. The average molecular weight is 490 g/mol. The minimum Gasteiger partial charge on any atom is -0.346 e. The van der Waals surface area contributed by atoms with Gasteiger partial charge in [0, 0.05) is 11.8 Å². The van der Waals surface area contributed by atoms with Crippen molar-refractivity contribution in [2.75, 3.05) is 11.5 Å². The van der Waals surface area contributed by atoms with Gasteiger partial charge in [-0.2, -0.15) is 5.10 Å². The first kappa shape index (κ1) is 23.2. The van der Waals surface area contributed by atoms with Crippen LogP contribution in [0.25, 0.3) is 22.3 Å². The number of aromatic nitrogens is 4. The first-order valence-electron chi connectivity index (χ1n) is 11.7. The molecule has 35 heavy (non-hydrogen) atoms. The summed E-state index contributed by atoms with van der Waals surface area (Å²) in [5.41, 5.74) is 5.13. The summed E-state index contributed by atoms with van der Waals surface area (Å²) in [4.78, 5) is 22.6. The van der Waals surface area contributed by atoms with E-state index in [1.807, 2.05) is 49.4 Å². The fraction of sp³-hybridized carbons (Fsp3) is 0.308. The molecule has 4 heterocycles. The Balaban J connectivity index is 1.61. The Bertz CT molecular complexity index is 1500. The SMILES string of the molecule is CCc1ccc(-c2cc(C(=O)NCc3ccccn3)c3c(C)nn(C4CCS(=O)(=O)C4)c3n2)cc1. The number of pyridine rings is 2. The number of nitrogens with zero attached hydrogens (tertiary/aromatic N) is 4. The van der Waals surface area contributed by atoms with Gasteiger partial charge >= 0.3 is 0 Å². The zero-order valence-corrected chi connectivity index (χ0v) is 20.5. The topological polar surface area (TPSA) is 107 Å². The molecule has 1 aliphatic heterocycles. The highest BCUT2D eigenvalue weighted by Gasteiger charge is 2.32. The number of aryl methyl sites for hydroxylation is 2. The highest BCUT2D eigenvalue weighted by molar-refractivity contribution is 7.91. The maximum atomic E-state index is 13.4. The van der Waals surface area contributed by atoms with Gasteiger partial charge in [0.25, 0.3) is 5.91 Å². The first-order valence-corrected chi connectivity index (χ1v) is 13.5. The summed E-state index contributed by atoms with van der Waals surface area (Å²) in [6, 6.07) is 15.1. The molecule has 3 aromatic heterocycles. The van der Waals surface area contributed by atoms with Crippen LogP contribution in [-0.2, 0) is 22.8 Å². The van der Waals surface area contributed by atoms with Crippen molar-refractivity contribution in [3.63, 3.8) is 0 Å². The number of sulfone groups is 1. The van der Waals surface area contributed by atoms with E-state index in [1.54, 1.807) is 16.9 Å². The van der Waals surface area contributed by atoms with Gasteiger partial charge in [0.15, 0.2) is 15.5 Å². The van der Waals surface area contributed by atoms with Crippen LogP contribution in [0.1, 0.15) is 46.7 Å². The molecule has 0 radical (unpaired) electrons.